The van der Waals surface area contributed by atoms with Crippen LogP contribution in [0.3, 0.4) is 0 Å². The summed E-state index contributed by atoms with van der Waals surface area (Å²) in [5.74, 6) is -0.514. The number of nitrogens with one attached hydrogen (secondary N) is 1. The van der Waals surface area contributed by atoms with Gasteiger partial charge >= 0.3 is 0 Å². The molecule has 29 heavy (non-hydrogen) atoms. The Hall–Kier alpha value is -2.44. The summed E-state index contributed by atoms with van der Waals surface area (Å²) in [4.78, 5) is 27.0. The van der Waals surface area contributed by atoms with E-state index in [1.807, 2.05) is 49.4 Å². The first-order valence-corrected chi connectivity index (χ1v) is 10.6. The molecule has 4 nitrogen and oxygen atoms in total. The fourth-order valence-electron chi connectivity index (χ4n) is 2.85. The molecule has 2 aromatic carbocycles. The van der Waals surface area contributed by atoms with E-state index in [9.17, 15) is 9.59 Å². The van der Waals surface area contributed by atoms with Gasteiger partial charge in [-0.15, -0.1) is 0 Å². The number of nitrogens with zero attached hydrogens (tertiary/aromatic N) is 1. The molecule has 3 rings (SSSR count). The molecular formula is C23H24N2O2S2. The third-order valence-corrected chi connectivity index (χ3v) is 5.96. The molecule has 1 fully saturated rings. The number of amides is 2. The standard InChI is InChI=1S/C23H24N2O2S2/c1-15-5-11-18(12-6-15)24-20(26)14-25-21(27)19(29-22(25)28)13-16-7-9-17(10-8-16)23(2,3)4/h5-13H,14H2,1-4H3,(H,24,26)/b19-13-. The van der Waals surface area contributed by atoms with Gasteiger partial charge in [-0.3, -0.25) is 14.5 Å². The van der Waals surface area contributed by atoms with Gasteiger partial charge in [0.25, 0.3) is 5.91 Å². The summed E-state index contributed by atoms with van der Waals surface area (Å²) in [5, 5.41) is 2.80. The molecule has 150 valence electrons. The van der Waals surface area contributed by atoms with Gasteiger partial charge in [-0.25, -0.2) is 0 Å². The van der Waals surface area contributed by atoms with E-state index in [1.165, 1.54) is 22.2 Å². The molecule has 0 atom stereocenters. The normalized spacial score (nSPS) is 15.9. The molecule has 0 spiro atoms. The summed E-state index contributed by atoms with van der Waals surface area (Å²) < 4.78 is 0.395. The van der Waals surface area contributed by atoms with Crippen molar-refractivity contribution in [2.24, 2.45) is 0 Å². The summed E-state index contributed by atoms with van der Waals surface area (Å²) >= 11 is 6.55. The number of carbonyl (C=O) groups is 2. The number of aryl methyl sites for hydroxylation is 1. The predicted octanol–water partition coefficient (Wildman–Crippen LogP) is 5.13. The molecule has 0 bridgehead atoms. The molecular weight excluding hydrogens is 400 g/mol. The molecule has 6 heteroatoms. The maximum atomic E-state index is 12.7. The van der Waals surface area contributed by atoms with Crippen LogP contribution in [0.25, 0.3) is 6.08 Å². The van der Waals surface area contributed by atoms with E-state index in [0.717, 1.165) is 11.1 Å². The largest absolute Gasteiger partial charge is 0.325 e. The van der Waals surface area contributed by atoms with Gasteiger partial charge in [-0.05, 0) is 41.7 Å². The van der Waals surface area contributed by atoms with Crippen LogP contribution in [0.1, 0.15) is 37.5 Å². The molecule has 1 heterocycles. The Labute approximate surface area is 181 Å². The first-order valence-electron chi connectivity index (χ1n) is 9.36. The molecule has 1 saturated heterocycles. The second kappa shape index (κ2) is 8.51. The van der Waals surface area contributed by atoms with E-state index in [1.54, 1.807) is 0 Å². The number of hydrogen-bond donors (Lipinski definition) is 1. The molecule has 0 aliphatic carbocycles. The second-order valence-electron chi connectivity index (χ2n) is 8.05. The van der Waals surface area contributed by atoms with E-state index < -0.39 is 0 Å². The van der Waals surface area contributed by atoms with Crippen LogP contribution in [0.4, 0.5) is 5.69 Å². The van der Waals surface area contributed by atoms with Crippen molar-refractivity contribution < 1.29 is 9.59 Å². The summed E-state index contributed by atoms with van der Waals surface area (Å²) in [6.45, 7) is 8.37. The number of thiocarbonyl (C=S) groups is 1. The van der Waals surface area contributed by atoms with Crippen molar-refractivity contribution in [1.29, 1.82) is 0 Å². The average Bonchev–Trinajstić information content (AvgIpc) is 2.91. The zero-order valence-electron chi connectivity index (χ0n) is 17.0. The van der Waals surface area contributed by atoms with Crippen molar-refractivity contribution in [2.75, 3.05) is 11.9 Å². The topological polar surface area (TPSA) is 49.4 Å². The van der Waals surface area contributed by atoms with Crippen molar-refractivity contribution in [1.82, 2.24) is 4.90 Å². The van der Waals surface area contributed by atoms with Crippen LogP contribution in [0.15, 0.2) is 53.4 Å². The zero-order chi connectivity index (χ0) is 21.2. The summed E-state index contributed by atoms with van der Waals surface area (Å²) in [6, 6.07) is 15.6. The van der Waals surface area contributed by atoms with Crippen molar-refractivity contribution in [3.05, 3.63) is 70.1 Å². The lowest BCUT2D eigenvalue weighted by Crippen LogP contribution is -2.36. The lowest BCUT2D eigenvalue weighted by Gasteiger charge is -2.18. The molecule has 1 N–H and O–H groups in total. The maximum Gasteiger partial charge on any atom is 0.266 e. The lowest BCUT2D eigenvalue weighted by molar-refractivity contribution is -0.126. The Morgan fingerprint density at radius 3 is 2.31 bits per heavy atom. The number of rotatable bonds is 4. The van der Waals surface area contributed by atoms with Gasteiger partial charge in [0.15, 0.2) is 0 Å². The maximum absolute atomic E-state index is 12.7. The highest BCUT2D eigenvalue weighted by molar-refractivity contribution is 8.26. The molecule has 2 aromatic rings. The van der Waals surface area contributed by atoms with Gasteiger partial charge in [0.05, 0.1) is 4.91 Å². The van der Waals surface area contributed by atoms with Crippen molar-refractivity contribution >= 4 is 51.9 Å². The van der Waals surface area contributed by atoms with Crippen molar-refractivity contribution in [3.63, 3.8) is 0 Å². The second-order valence-corrected chi connectivity index (χ2v) is 9.73. The highest BCUT2D eigenvalue weighted by atomic mass is 32.2. The fourth-order valence-corrected chi connectivity index (χ4v) is 4.10. The van der Waals surface area contributed by atoms with Gasteiger partial charge in [-0.1, -0.05) is 86.7 Å². The first-order chi connectivity index (χ1) is 13.6. The number of carbonyl (C=O) groups excluding carboxylic acids is 2. The van der Waals surface area contributed by atoms with Gasteiger partial charge in [-0.2, -0.15) is 0 Å². The van der Waals surface area contributed by atoms with Crippen molar-refractivity contribution in [3.8, 4) is 0 Å². The summed E-state index contributed by atoms with van der Waals surface area (Å²) in [7, 11) is 0. The van der Waals surface area contributed by atoms with Crippen molar-refractivity contribution in [2.45, 2.75) is 33.1 Å². The van der Waals surface area contributed by atoms with Crippen LogP contribution in [0.5, 0.6) is 0 Å². The monoisotopic (exact) mass is 424 g/mol. The first kappa shape index (κ1) is 21.3. The average molecular weight is 425 g/mol. The highest BCUT2D eigenvalue weighted by Gasteiger charge is 2.33. The van der Waals surface area contributed by atoms with Crippen LogP contribution < -0.4 is 5.32 Å². The molecule has 0 radical (unpaired) electrons. The van der Waals surface area contributed by atoms with Gasteiger partial charge < -0.3 is 5.32 Å². The minimum Gasteiger partial charge on any atom is -0.325 e. The van der Waals surface area contributed by atoms with E-state index >= 15 is 0 Å². The minimum atomic E-state index is -0.277. The minimum absolute atomic E-state index is 0.0762. The Balaban J connectivity index is 1.68. The van der Waals surface area contributed by atoms with Gasteiger partial charge in [0, 0.05) is 5.69 Å². The van der Waals surface area contributed by atoms with Crippen LogP contribution in [0, 0.1) is 6.92 Å². The van der Waals surface area contributed by atoms with Gasteiger partial charge in [0.1, 0.15) is 10.9 Å². The van der Waals surface area contributed by atoms with E-state index in [0.29, 0.717) is 14.9 Å². The summed E-state index contributed by atoms with van der Waals surface area (Å²) in [6.07, 6.45) is 1.82. The van der Waals surface area contributed by atoms with Crippen LogP contribution in [-0.2, 0) is 15.0 Å². The number of anilines is 1. The summed E-state index contributed by atoms with van der Waals surface area (Å²) in [5.41, 5.74) is 4.05. The van der Waals surface area contributed by atoms with Crippen LogP contribution in [0.2, 0.25) is 0 Å². The predicted molar refractivity (Wildman–Crippen MR) is 125 cm³/mol. The third kappa shape index (κ3) is 5.34. The van der Waals surface area contributed by atoms with Gasteiger partial charge in [0.2, 0.25) is 5.91 Å². The highest BCUT2D eigenvalue weighted by Crippen LogP contribution is 2.33. The fraction of sp³-hybridized carbons (Fsp3) is 0.261. The molecule has 2 amide bonds. The molecule has 0 saturated carbocycles. The van der Waals surface area contributed by atoms with E-state index in [2.05, 4.69) is 38.2 Å². The smallest absolute Gasteiger partial charge is 0.266 e. The zero-order valence-corrected chi connectivity index (χ0v) is 18.6. The Kier molecular flexibility index (Phi) is 6.24. The van der Waals surface area contributed by atoms with E-state index in [-0.39, 0.29) is 23.8 Å². The SMILES string of the molecule is Cc1ccc(NC(=O)CN2C(=O)/C(=C/c3ccc(C(C)(C)C)cc3)SC2=S)cc1. The molecule has 1 aliphatic heterocycles. The van der Waals surface area contributed by atoms with Crippen LogP contribution in [-0.4, -0.2) is 27.6 Å². The number of hydrogen-bond acceptors (Lipinski definition) is 4. The Morgan fingerprint density at radius 1 is 1.10 bits per heavy atom. The molecule has 0 unspecified atom stereocenters. The lowest BCUT2D eigenvalue weighted by atomic mass is 9.87. The van der Waals surface area contributed by atoms with Crippen LogP contribution >= 0.6 is 24.0 Å². The number of benzene rings is 2. The number of thioether (sulfide) groups is 1. The van der Waals surface area contributed by atoms with E-state index in [4.69, 9.17) is 12.2 Å². The Morgan fingerprint density at radius 2 is 1.72 bits per heavy atom. The molecule has 1 aliphatic rings. The molecule has 0 aromatic heterocycles. The third-order valence-electron chi connectivity index (χ3n) is 4.59. The quantitative estimate of drug-likeness (QED) is 0.546. The Bertz CT molecular complexity index is 971.